The predicted molar refractivity (Wildman–Crippen MR) is 72.1 cm³/mol. The van der Waals surface area contributed by atoms with Crippen molar-refractivity contribution in [3.8, 4) is 0 Å². The standard InChI is InChI=1S/C12H27O3PS.2Na/c1-2-3-4-5-6-7-8-9-10-11-12-15-16(13,14)17;;/h2-12H2,1H3,(H2,13,14,17);;/q;2*+1/p-2. The molecule has 0 aromatic carbocycles. The van der Waals surface area contributed by atoms with E-state index in [0.717, 1.165) is 19.3 Å². The van der Waals surface area contributed by atoms with Crippen molar-refractivity contribution in [3.05, 3.63) is 0 Å². The number of rotatable bonds is 12. The molecule has 7 heteroatoms. The Morgan fingerprint density at radius 1 is 0.789 bits per heavy atom. The van der Waals surface area contributed by atoms with Crippen LogP contribution in [-0.2, 0) is 16.3 Å². The molecule has 0 atom stereocenters. The normalized spacial score (nSPS) is 10.7. The van der Waals surface area contributed by atoms with Gasteiger partial charge in [0.1, 0.15) is 0 Å². The van der Waals surface area contributed by atoms with Crippen molar-refractivity contribution in [2.75, 3.05) is 6.61 Å². The van der Waals surface area contributed by atoms with Crippen LogP contribution in [0, 0.1) is 0 Å². The number of unbranched alkanes of at least 4 members (excludes halogenated alkanes) is 9. The van der Waals surface area contributed by atoms with Crippen LogP contribution in [0.25, 0.3) is 0 Å². The third-order valence-electron chi connectivity index (χ3n) is 2.75. The zero-order valence-electron chi connectivity index (χ0n) is 12.9. The summed E-state index contributed by atoms with van der Waals surface area (Å²) in [5.41, 5.74) is 0. The van der Waals surface area contributed by atoms with E-state index in [1.165, 1.54) is 44.9 Å². The van der Waals surface area contributed by atoms with Crippen LogP contribution in [0.2, 0.25) is 0 Å². The molecule has 0 aliphatic heterocycles. The van der Waals surface area contributed by atoms with Crippen LogP contribution in [0.3, 0.4) is 0 Å². The summed E-state index contributed by atoms with van der Waals surface area (Å²) in [4.78, 5) is 21.0. The second-order valence-electron chi connectivity index (χ2n) is 4.46. The van der Waals surface area contributed by atoms with Gasteiger partial charge in [-0.1, -0.05) is 71.4 Å². The first-order valence-corrected chi connectivity index (χ1v) is 9.28. The van der Waals surface area contributed by atoms with Gasteiger partial charge in [-0.05, 0) is 6.42 Å². The largest absolute Gasteiger partial charge is 1.00 e. The van der Waals surface area contributed by atoms with Gasteiger partial charge >= 0.3 is 59.1 Å². The molecular formula is C12H25Na2O3PS. The monoisotopic (exact) mass is 326 g/mol. The van der Waals surface area contributed by atoms with E-state index >= 15 is 0 Å². The summed E-state index contributed by atoms with van der Waals surface area (Å²) in [7, 11) is 0. The van der Waals surface area contributed by atoms with Gasteiger partial charge in [0.25, 0.3) is 0 Å². The minimum Gasteiger partial charge on any atom is -0.812 e. The molecule has 19 heavy (non-hydrogen) atoms. The summed E-state index contributed by atoms with van der Waals surface area (Å²) in [6.07, 6.45) is 12.2. The van der Waals surface area contributed by atoms with E-state index in [0.29, 0.717) is 0 Å². The van der Waals surface area contributed by atoms with Gasteiger partial charge in [-0.2, -0.15) is 0 Å². The molecule has 0 spiro atoms. The van der Waals surface area contributed by atoms with E-state index in [1.807, 2.05) is 0 Å². The summed E-state index contributed by atoms with van der Waals surface area (Å²) >= 11 is 4.13. The Morgan fingerprint density at radius 3 is 1.53 bits per heavy atom. The Hall–Kier alpha value is 2.53. The SMILES string of the molecule is CCCCCCCCCCCCOP([O-])([O-])=S.[Na+].[Na+]. The Labute approximate surface area is 168 Å². The second-order valence-corrected chi connectivity index (χ2v) is 6.96. The van der Waals surface area contributed by atoms with Crippen molar-refractivity contribution < 1.29 is 73.4 Å². The summed E-state index contributed by atoms with van der Waals surface area (Å²) in [5, 5.41) is 0. The molecule has 0 amide bonds. The average molecular weight is 326 g/mol. The maximum Gasteiger partial charge on any atom is 1.00 e. The van der Waals surface area contributed by atoms with E-state index in [1.54, 1.807) is 0 Å². The van der Waals surface area contributed by atoms with Crippen molar-refractivity contribution in [2.24, 2.45) is 0 Å². The van der Waals surface area contributed by atoms with Crippen molar-refractivity contribution in [1.29, 1.82) is 0 Å². The minimum atomic E-state index is -3.91. The van der Waals surface area contributed by atoms with Crippen molar-refractivity contribution in [3.63, 3.8) is 0 Å². The molecule has 0 saturated carbocycles. The molecule has 104 valence electrons. The Balaban J connectivity index is -0.00000128. The molecule has 0 aliphatic carbocycles. The van der Waals surface area contributed by atoms with Crippen LogP contribution < -0.4 is 68.9 Å². The topological polar surface area (TPSA) is 55.3 Å². The third kappa shape index (κ3) is 25.8. The molecular weight excluding hydrogens is 301 g/mol. The smallest absolute Gasteiger partial charge is 0.812 e. The Morgan fingerprint density at radius 2 is 1.16 bits per heavy atom. The summed E-state index contributed by atoms with van der Waals surface area (Å²) in [6, 6.07) is 0. The van der Waals surface area contributed by atoms with Crippen molar-refractivity contribution in [1.82, 2.24) is 0 Å². The van der Waals surface area contributed by atoms with E-state index in [4.69, 9.17) is 0 Å². The summed E-state index contributed by atoms with van der Waals surface area (Å²) in [5.74, 6) is 0. The van der Waals surface area contributed by atoms with E-state index in [-0.39, 0.29) is 65.7 Å². The fraction of sp³-hybridized carbons (Fsp3) is 1.00. The molecule has 3 nitrogen and oxygen atoms in total. The molecule has 0 aliphatic rings. The van der Waals surface area contributed by atoms with Crippen LogP contribution in [0.1, 0.15) is 71.1 Å². The van der Waals surface area contributed by atoms with Gasteiger partial charge in [0.05, 0.1) is 0 Å². The van der Waals surface area contributed by atoms with E-state index in [2.05, 4.69) is 23.3 Å². The van der Waals surface area contributed by atoms with Gasteiger partial charge in [0.15, 0.2) is 0 Å². The molecule has 0 fully saturated rings. The number of hydrogen-bond acceptors (Lipinski definition) is 4. The molecule has 0 aromatic rings. The molecule has 0 bridgehead atoms. The summed E-state index contributed by atoms with van der Waals surface area (Å²) in [6.45, 7) is -1.43. The van der Waals surface area contributed by atoms with Crippen molar-refractivity contribution >= 4 is 18.5 Å². The van der Waals surface area contributed by atoms with Crippen LogP contribution in [-0.4, -0.2) is 6.61 Å². The maximum atomic E-state index is 10.5. The Bertz CT molecular complexity index is 215. The zero-order chi connectivity index (χ0) is 13.0. The van der Waals surface area contributed by atoms with Crippen LogP contribution in [0.5, 0.6) is 0 Å². The first-order chi connectivity index (χ1) is 8.06. The van der Waals surface area contributed by atoms with Crippen LogP contribution >= 0.6 is 6.72 Å². The van der Waals surface area contributed by atoms with Crippen LogP contribution in [0.4, 0.5) is 0 Å². The predicted octanol–water partition coefficient (Wildman–Crippen LogP) is -3.12. The quantitative estimate of drug-likeness (QED) is 0.216. The number of hydrogen-bond donors (Lipinski definition) is 0. The molecule has 0 radical (unpaired) electrons. The first-order valence-electron chi connectivity index (χ1n) is 6.73. The van der Waals surface area contributed by atoms with E-state index < -0.39 is 6.72 Å². The van der Waals surface area contributed by atoms with Gasteiger partial charge in [0.2, 0.25) is 0 Å². The average Bonchev–Trinajstić information content (AvgIpc) is 2.24. The van der Waals surface area contributed by atoms with Gasteiger partial charge < -0.3 is 14.3 Å². The fourth-order valence-electron chi connectivity index (χ4n) is 1.77. The first kappa shape index (κ1) is 26.4. The maximum absolute atomic E-state index is 10.5. The fourth-order valence-corrected chi connectivity index (χ4v) is 2.34. The van der Waals surface area contributed by atoms with Gasteiger partial charge in [-0.3, -0.25) is 0 Å². The van der Waals surface area contributed by atoms with Crippen LogP contribution in [0.15, 0.2) is 0 Å². The molecule has 0 heterocycles. The minimum absolute atomic E-state index is 0. The zero-order valence-corrected chi connectivity index (χ0v) is 18.6. The molecule has 0 unspecified atom stereocenters. The Kier molecular flexibility index (Phi) is 25.8. The van der Waals surface area contributed by atoms with Gasteiger partial charge in [-0.25, -0.2) is 0 Å². The molecule has 0 saturated heterocycles. The third-order valence-corrected chi connectivity index (χ3v) is 3.56. The van der Waals surface area contributed by atoms with Gasteiger partial charge in [-0.15, -0.1) is 11.8 Å². The summed E-state index contributed by atoms with van der Waals surface area (Å²) < 4.78 is 4.52. The van der Waals surface area contributed by atoms with Crippen molar-refractivity contribution in [2.45, 2.75) is 71.1 Å². The molecule has 0 N–H and O–H groups in total. The molecule has 0 aromatic heterocycles. The van der Waals surface area contributed by atoms with E-state index in [9.17, 15) is 9.79 Å². The molecule has 0 rings (SSSR count). The second kappa shape index (κ2) is 18.6. The van der Waals surface area contributed by atoms with Gasteiger partial charge in [0, 0.05) is 6.61 Å².